The molecule has 0 N–H and O–H groups in total. The lowest BCUT2D eigenvalue weighted by Crippen LogP contribution is -2.33. The highest BCUT2D eigenvalue weighted by Crippen LogP contribution is 2.44. The third kappa shape index (κ3) is 2.85. The van der Waals surface area contributed by atoms with Gasteiger partial charge in [-0.05, 0) is 36.5 Å². The van der Waals surface area contributed by atoms with Crippen LogP contribution in [-0.2, 0) is 14.9 Å². The standard InChI is InChI=1S/C17H21NO2/c1-17(11-16(19)20-2,14-5-3-4-6-14)15-9-7-13(12-18)8-10-15/h7-10,14H,3-6,11H2,1-2H3. The molecule has 1 fully saturated rings. The van der Waals surface area contributed by atoms with E-state index in [1.54, 1.807) is 0 Å². The van der Waals surface area contributed by atoms with Crippen molar-refractivity contribution in [1.29, 1.82) is 5.26 Å². The minimum atomic E-state index is -0.197. The Kier molecular flexibility index (Phi) is 4.44. The second-order valence-corrected chi connectivity index (χ2v) is 5.84. The number of esters is 1. The molecule has 1 aliphatic carbocycles. The number of nitrogens with zero attached hydrogens (tertiary/aromatic N) is 1. The van der Waals surface area contributed by atoms with E-state index in [1.807, 2.05) is 24.3 Å². The highest BCUT2D eigenvalue weighted by molar-refractivity contribution is 5.71. The molecular weight excluding hydrogens is 250 g/mol. The van der Waals surface area contributed by atoms with E-state index in [2.05, 4.69) is 13.0 Å². The summed E-state index contributed by atoms with van der Waals surface area (Å²) in [6.07, 6.45) is 5.19. The van der Waals surface area contributed by atoms with Crippen LogP contribution < -0.4 is 0 Å². The Labute approximate surface area is 120 Å². The Morgan fingerprint density at radius 2 is 1.95 bits per heavy atom. The van der Waals surface area contributed by atoms with Crippen molar-refractivity contribution in [2.75, 3.05) is 7.11 Å². The predicted molar refractivity (Wildman–Crippen MR) is 77.1 cm³/mol. The van der Waals surface area contributed by atoms with Crippen LogP contribution in [0.1, 0.15) is 50.2 Å². The van der Waals surface area contributed by atoms with Crippen LogP contribution in [0, 0.1) is 17.2 Å². The first kappa shape index (κ1) is 14.6. The zero-order chi connectivity index (χ0) is 14.6. The first-order valence-corrected chi connectivity index (χ1v) is 7.17. The highest BCUT2D eigenvalue weighted by atomic mass is 16.5. The summed E-state index contributed by atoms with van der Waals surface area (Å²) >= 11 is 0. The molecule has 0 aliphatic heterocycles. The second kappa shape index (κ2) is 6.09. The minimum Gasteiger partial charge on any atom is -0.469 e. The number of benzene rings is 1. The van der Waals surface area contributed by atoms with Gasteiger partial charge < -0.3 is 4.74 Å². The molecule has 1 atom stereocenters. The predicted octanol–water partition coefficient (Wildman–Crippen LogP) is 3.57. The number of hydrogen-bond acceptors (Lipinski definition) is 3. The summed E-state index contributed by atoms with van der Waals surface area (Å²) in [6, 6.07) is 9.77. The maximum Gasteiger partial charge on any atom is 0.306 e. The Hall–Kier alpha value is -1.82. The van der Waals surface area contributed by atoms with Crippen molar-refractivity contribution in [3.63, 3.8) is 0 Å². The Bertz CT molecular complexity index is 509. The summed E-state index contributed by atoms with van der Waals surface area (Å²) < 4.78 is 4.88. The van der Waals surface area contributed by atoms with E-state index in [9.17, 15) is 4.79 Å². The van der Waals surface area contributed by atoms with Crippen molar-refractivity contribution in [2.24, 2.45) is 5.92 Å². The quantitative estimate of drug-likeness (QED) is 0.787. The molecule has 0 heterocycles. The summed E-state index contributed by atoms with van der Waals surface area (Å²) in [5.41, 5.74) is 1.59. The van der Waals surface area contributed by atoms with Crippen molar-refractivity contribution >= 4 is 5.97 Å². The Morgan fingerprint density at radius 1 is 1.35 bits per heavy atom. The monoisotopic (exact) mass is 271 g/mol. The molecule has 2 rings (SSSR count). The summed E-state index contributed by atoms with van der Waals surface area (Å²) in [5, 5.41) is 8.90. The molecule has 0 aromatic heterocycles. The number of rotatable bonds is 4. The molecule has 0 spiro atoms. The lowest BCUT2D eigenvalue weighted by Gasteiger charge is -2.35. The molecule has 0 amide bonds. The van der Waals surface area contributed by atoms with Crippen molar-refractivity contribution in [1.82, 2.24) is 0 Å². The molecular formula is C17H21NO2. The fourth-order valence-electron chi connectivity index (χ4n) is 3.34. The molecule has 1 aromatic rings. The molecule has 3 heteroatoms. The van der Waals surface area contributed by atoms with Crippen LogP contribution in [-0.4, -0.2) is 13.1 Å². The molecule has 0 radical (unpaired) electrons. The van der Waals surface area contributed by atoms with Gasteiger partial charge >= 0.3 is 5.97 Å². The van der Waals surface area contributed by atoms with Gasteiger partial charge in [0, 0.05) is 5.41 Å². The van der Waals surface area contributed by atoms with E-state index < -0.39 is 0 Å². The van der Waals surface area contributed by atoms with Crippen LogP contribution in [0.3, 0.4) is 0 Å². The number of nitriles is 1. The molecule has 1 aliphatic rings. The van der Waals surface area contributed by atoms with Gasteiger partial charge in [0.2, 0.25) is 0 Å². The highest BCUT2D eigenvalue weighted by Gasteiger charge is 2.39. The molecule has 106 valence electrons. The largest absolute Gasteiger partial charge is 0.469 e. The minimum absolute atomic E-state index is 0.163. The van der Waals surface area contributed by atoms with Crippen molar-refractivity contribution < 1.29 is 9.53 Å². The smallest absolute Gasteiger partial charge is 0.306 e. The van der Waals surface area contributed by atoms with Crippen LogP contribution in [0.2, 0.25) is 0 Å². The van der Waals surface area contributed by atoms with E-state index in [4.69, 9.17) is 10.00 Å². The number of ether oxygens (including phenoxy) is 1. The SMILES string of the molecule is COC(=O)CC(C)(c1ccc(C#N)cc1)C1CCCC1. The van der Waals surface area contributed by atoms with Crippen molar-refractivity contribution in [2.45, 2.75) is 44.4 Å². The van der Waals surface area contributed by atoms with Gasteiger partial charge in [0.15, 0.2) is 0 Å². The van der Waals surface area contributed by atoms with Crippen molar-refractivity contribution in [3.8, 4) is 6.07 Å². The van der Waals surface area contributed by atoms with Gasteiger partial charge in [0.25, 0.3) is 0 Å². The van der Waals surface area contributed by atoms with Gasteiger partial charge in [0.1, 0.15) is 0 Å². The zero-order valence-corrected chi connectivity index (χ0v) is 12.2. The summed E-state index contributed by atoms with van der Waals surface area (Å²) in [7, 11) is 1.44. The number of carbonyl (C=O) groups excluding carboxylic acids is 1. The molecule has 20 heavy (non-hydrogen) atoms. The molecule has 0 saturated heterocycles. The van der Waals surface area contributed by atoms with Gasteiger partial charge in [-0.3, -0.25) is 4.79 Å². The van der Waals surface area contributed by atoms with Gasteiger partial charge in [-0.25, -0.2) is 0 Å². The van der Waals surface area contributed by atoms with Gasteiger partial charge in [0.05, 0.1) is 25.2 Å². The first-order chi connectivity index (χ1) is 9.60. The third-order valence-electron chi connectivity index (χ3n) is 4.67. The van der Waals surface area contributed by atoms with Crippen molar-refractivity contribution in [3.05, 3.63) is 35.4 Å². The van der Waals surface area contributed by atoms with Gasteiger partial charge in [-0.15, -0.1) is 0 Å². The van der Waals surface area contributed by atoms with E-state index >= 15 is 0 Å². The fraction of sp³-hybridized carbons (Fsp3) is 0.529. The summed E-state index contributed by atoms with van der Waals surface area (Å²) in [4.78, 5) is 11.8. The van der Waals surface area contributed by atoms with E-state index in [0.717, 1.165) is 18.4 Å². The molecule has 1 saturated carbocycles. The van der Waals surface area contributed by atoms with Gasteiger partial charge in [-0.1, -0.05) is 31.9 Å². The number of carbonyl (C=O) groups is 1. The summed E-state index contributed by atoms with van der Waals surface area (Å²) in [6.45, 7) is 2.15. The maximum absolute atomic E-state index is 11.8. The lowest BCUT2D eigenvalue weighted by molar-refractivity contribution is -0.142. The van der Waals surface area contributed by atoms with E-state index in [1.165, 1.54) is 20.0 Å². The van der Waals surface area contributed by atoms with Crippen LogP contribution in [0.15, 0.2) is 24.3 Å². The first-order valence-electron chi connectivity index (χ1n) is 7.17. The maximum atomic E-state index is 11.8. The average Bonchev–Trinajstić information content (AvgIpc) is 3.02. The lowest BCUT2D eigenvalue weighted by atomic mass is 9.68. The zero-order valence-electron chi connectivity index (χ0n) is 12.2. The van der Waals surface area contributed by atoms with E-state index in [-0.39, 0.29) is 11.4 Å². The average molecular weight is 271 g/mol. The van der Waals surface area contributed by atoms with Crippen LogP contribution in [0.25, 0.3) is 0 Å². The van der Waals surface area contributed by atoms with E-state index in [0.29, 0.717) is 17.9 Å². The normalized spacial score (nSPS) is 18.2. The van der Waals surface area contributed by atoms with Crippen LogP contribution >= 0.6 is 0 Å². The summed E-state index contributed by atoms with van der Waals surface area (Å²) in [5.74, 6) is 0.346. The Morgan fingerprint density at radius 3 is 2.45 bits per heavy atom. The van der Waals surface area contributed by atoms with Crippen LogP contribution in [0.4, 0.5) is 0 Å². The molecule has 1 aromatic carbocycles. The molecule has 0 bridgehead atoms. The topological polar surface area (TPSA) is 50.1 Å². The third-order valence-corrected chi connectivity index (χ3v) is 4.67. The second-order valence-electron chi connectivity index (χ2n) is 5.84. The fourth-order valence-corrected chi connectivity index (χ4v) is 3.34. The van der Waals surface area contributed by atoms with Crippen LogP contribution in [0.5, 0.6) is 0 Å². The van der Waals surface area contributed by atoms with Gasteiger partial charge in [-0.2, -0.15) is 5.26 Å². The molecule has 3 nitrogen and oxygen atoms in total. The number of hydrogen-bond donors (Lipinski definition) is 0. The number of methoxy groups -OCH3 is 1. The Balaban J connectivity index is 2.33. The molecule has 1 unspecified atom stereocenters.